The van der Waals surface area contributed by atoms with Gasteiger partial charge < -0.3 is 5.32 Å². The van der Waals surface area contributed by atoms with Crippen molar-refractivity contribution >= 4 is 17.7 Å². The van der Waals surface area contributed by atoms with Crippen LogP contribution in [0.15, 0.2) is 0 Å². The lowest BCUT2D eigenvalue weighted by atomic mass is 10.2. The molecule has 1 saturated carbocycles. The minimum atomic E-state index is -0.558. The lowest BCUT2D eigenvalue weighted by molar-refractivity contribution is -0.138. The van der Waals surface area contributed by atoms with Crippen LogP contribution < -0.4 is 10.6 Å². The lowest BCUT2D eigenvalue weighted by Crippen LogP contribution is -2.49. The highest BCUT2D eigenvalue weighted by atomic mass is 16.2. The Kier molecular flexibility index (Phi) is 3.65. The van der Waals surface area contributed by atoms with E-state index in [0.717, 1.165) is 12.8 Å². The van der Waals surface area contributed by atoms with Gasteiger partial charge >= 0.3 is 0 Å². The molecule has 0 bridgehead atoms. The molecule has 1 heterocycles. The minimum Gasteiger partial charge on any atom is -0.352 e. The van der Waals surface area contributed by atoms with Crippen LogP contribution >= 0.6 is 0 Å². The summed E-state index contributed by atoms with van der Waals surface area (Å²) < 4.78 is 0. The van der Waals surface area contributed by atoms with Crippen molar-refractivity contribution < 1.29 is 14.4 Å². The van der Waals surface area contributed by atoms with Gasteiger partial charge in [0.05, 0.1) is 18.5 Å². The number of nitrogens with one attached hydrogen (secondary N) is 2. The topological polar surface area (TPSA) is 78.5 Å². The zero-order valence-corrected chi connectivity index (χ0v) is 10.7. The van der Waals surface area contributed by atoms with Crippen molar-refractivity contribution in [3.8, 4) is 0 Å². The van der Waals surface area contributed by atoms with E-state index in [-0.39, 0.29) is 24.1 Å². The zero-order chi connectivity index (χ0) is 13.3. The van der Waals surface area contributed by atoms with E-state index in [9.17, 15) is 14.4 Å². The third-order valence-corrected chi connectivity index (χ3v) is 3.33. The second-order valence-electron chi connectivity index (χ2n) is 4.90. The fourth-order valence-corrected chi connectivity index (χ4v) is 2.08. The first-order valence-electron chi connectivity index (χ1n) is 6.43. The Balaban J connectivity index is 1.87. The average molecular weight is 253 g/mol. The Morgan fingerprint density at radius 2 is 2.11 bits per heavy atom. The summed E-state index contributed by atoms with van der Waals surface area (Å²) in [6.45, 7) is 3.87. The smallest absolute Gasteiger partial charge is 0.246 e. The summed E-state index contributed by atoms with van der Waals surface area (Å²) in [5, 5.41) is 5.80. The molecule has 2 aliphatic rings. The summed E-state index contributed by atoms with van der Waals surface area (Å²) in [6, 6.07) is -0.712. The molecule has 6 heteroatoms. The van der Waals surface area contributed by atoms with Crippen LogP contribution in [0, 0.1) is 0 Å². The van der Waals surface area contributed by atoms with Crippen LogP contribution in [0.1, 0.15) is 33.1 Å². The van der Waals surface area contributed by atoms with Crippen LogP contribution in [-0.4, -0.2) is 47.3 Å². The van der Waals surface area contributed by atoms with E-state index in [0.29, 0.717) is 12.6 Å². The number of imide groups is 1. The standard InChI is InChI=1S/C12H19N3O3/c1-3-15-10(16)6-9(12(15)18)13-7(2)11(17)14-8-4-5-8/h7-9,13H,3-6H2,1-2H3,(H,14,17). The molecule has 0 aromatic rings. The Labute approximate surface area is 106 Å². The van der Waals surface area contributed by atoms with E-state index in [1.807, 2.05) is 0 Å². The Hall–Kier alpha value is -1.43. The molecule has 1 saturated heterocycles. The highest BCUT2D eigenvalue weighted by Crippen LogP contribution is 2.19. The first-order valence-corrected chi connectivity index (χ1v) is 6.43. The molecule has 2 N–H and O–H groups in total. The van der Waals surface area contributed by atoms with E-state index in [2.05, 4.69) is 10.6 Å². The summed E-state index contributed by atoms with van der Waals surface area (Å²) >= 11 is 0. The van der Waals surface area contributed by atoms with Gasteiger partial charge in [0.2, 0.25) is 17.7 Å². The molecule has 0 aromatic carbocycles. The quantitative estimate of drug-likeness (QED) is 0.641. The highest BCUT2D eigenvalue weighted by molar-refractivity contribution is 6.05. The number of amides is 3. The lowest BCUT2D eigenvalue weighted by Gasteiger charge is -2.18. The van der Waals surface area contributed by atoms with Gasteiger partial charge in [-0.3, -0.25) is 24.6 Å². The van der Waals surface area contributed by atoms with Gasteiger partial charge in [0.1, 0.15) is 0 Å². The first kappa shape index (κ1) is 13.0. The van der Waals surface area contributed by atoms with Gasteiger partial charge in [-0.1, -0.05) is 0 Å². The summed E-state index contributed by atoms with van der Waals surface area (Å²) in [4.78, 5) is 36.3. The first-order chi connectivity index (χ1) is 8.52. The fraction of sp³-hybridized carbons (Fsp3) is 0.750. The number of carbonyl (C=O) groups excluding carboxylic acids is 3. The summed E-state index contributed by atoms with van der Waals surface area (Å²) in [5.74, 6) is -0.504. The second kappa shape index (κ2) is 5.06. The third-order valence-electron chi connectivity index (χ3n) is 3.33. The van der Waals surface area contributed by atoms with Gasteiger partial charge in [-0.05, 0) is 26.7 Å². The maximum absolute atomic E-state index is 11.9. The molecule has 0 spiro atoms. The van der Waals surface area contributed by atoms with E-state index in [1.54, 1.807) is 13.8 Å². The van der Waals surface area contributed by atoms with Crippen molar-refractivity contribution in [3.63, 3.8) is 0 Å². The van der Waals surface area contributed by atoms with E-state index < -0.39 is 12.1 Å². The maximum Gasteiger partial charge on any atom is 0.246 e. The molecular weight excluding hydrogens is 234 g/mol. The van der Waals surface area contributed by atoms with Crippen molar-refractivity contribution in [1.29, 1.82) is 0 Å². The number of rotatable bonds is 5. The van der Waals surface area contributed by atoms with E-state index in [1.165, 1.54) is 4.90 Å². The molecule has 100 valence electrons. The number of hydrogen-bond acceptors (Lipinski definition) is 4. The second-order valence-corrected chi connectivity index (χ2v) is 4.90. The van der Waals surface area contributed by atoms with Crippen LogP contribution in [0.5, 0.6) is 0 Å². The largest absolute Gasteiger partial charge is 0.352 e. The van der Waals surface area contributed by atoms with Crippen molar-refractivity contribution in [1.82, 2.24) is 15.5 Å². The number of carbonyl (C=O) groups is 3. The molecule has 2 fully saturated rings. The fourth-order valence-electron chi connectivity index (χ4n) is 2.08. The van der Waals surface area contributed by atoms with E-state index in [4.69, 9.17) is 0 Å². The monoisotopic (exact) mass is 253 g/mol. The molecule has 18 heavy (non-hydrogen) atoms. The molecule has 0 aromatic heterocycles. The summed E-state index contributed by atoms with van der Waals surface area (Å²) in [5.41, 5.74) is 0. The molecule has 3 amide bonds. The normalized spacial score (nSPS) is 25.4. The molecule has 2 unspecified atom stereocenters. The van der Waals surface area contributed by atoms with Crippen molar-refractivity contribution in [2.45, 2.75) is 51.2 Å². The molecule has 1 aliphatic carbocycles. The maximum atomic E-state index is 11.9. The van der Waals surface area contributed by atoms with Crippen molar-refractivity contribution in [3.05, 3.63) is 0 Å². The van der Waals surface area contributed by atoms with Gasteiger partial charge in [0.15, 0.2) is 0 Å². The van der Waals surface area contributed by atoms with E-state index >= 15 is 0 Å². The van der Waals surface area contributed by atoms with Crippen LogP contribution in [0.25, 0.3) is 0 Å². The highest BCUT2D eigenvalue weighted by Gasteiger charge is 2.39. The molecular formula is C12H19N3O3. The van der Waals surface area contributed by atoms with Gasteiger partial charge in [-0.25, -0.2) is 0 Å². The number of likely N-dealkylation sites (N-methyl/N-ethyl adjacent to an activating group) is 1. The molecule has 6 nitrogen and oxygen atoms in total. The van der Waals surface area contributed by atoms with Crippen LogP contribution in [-0.2, 0) is 14.4 Å². The molecule has 2 rings (SSSR count). The molecule has 1 aliphatic heterocycles. The van der Waals surface area contributed by atoms with Crippen molar-refractivity contribution in [2.75, 3.05) is 6.54 Å². The summed E-state index contributed by atoms with van der Waals surface area (Å²) in [6.07, 6.45) is 2.21. The molecule has 0 radical (unpaired) electrons. The zero-order valence-electron chi connectivity index (χ0n) is 10.7. The third kappa shape index (κ3) is 2.69. The Morgan fingerprint density at radius 1 is 1.44 bits per heavy atom. The van der Waals surface area contributed by atoms with Crippen LogP contribution in [0.4, 0.5) is 0 Å². The number of nitrogens with zero attached hydrogens (tertiary/aromatic N) is 1. The van der Waals surface area contributed by atoms with Crippen molar-refractivity contribution in [2.24, 2.45) is 0 Å². The summed E-state index contributed by atoms with van der Waals surface area (Å²) in [7, 11) is 0. The number of likely N-dealkylation sites (tertiary alicyclic amines) is 1. The predicted octanol–water partition coefficient (Wildman–Crippen LogP) is -0.609. The van der Waals surface area contributed by atoms with Crippen LogP contribution in [0.3, 0.4) is 0 Å². The molecule has 2 atom stereocenters. The minimum absolute atomic E-state index is 0.104. The number of hydrogen-bond donors (Lipinski definition) is 2. The van der Waals surface area contributed by atoms with Gasteiger partial charge in [-0.15, -0.1) is 0 Å². The SMILES string of the molecule is CCN1C(=O)CC(NC(C)C(=O)NC2CC2)C1=O. The van der Waals surface area contributed by atoms with Gasteiger partial charge in [0, 0.05) is 12.6 Å². The van der Waals surface area contributed by atoms with Gasteiger partial charge in [-0.2, -0.15) is 0 Å². The Bertz CT molecular complexity index is 379. The average Bonchev–Trinajstić information content (AvgIpc) is 3.08. The Morgan fingerprint density at radius 3 is 2.61 bits per heavy atom. The predicted molar refractivity (Wildman–Crippen MR) is 64.6 cm³/mol. The van der Waals surface area contributed by atoms with Crippen LogP contribution in [0.2, 0.25) is 0 Å². The van der Waals surface area contributed by atoms with Gasteiger partial charge in [0.25, 0.3) is 0 Å².